The third-order valence-electron chi connectivity index (χ3n) is 4.76. The van der Waals surface area contributed by atoms with E-state index in [-0.39, 0.29) is 17.2 Å². The Morgan fingerprint density at radius 3 is 1.83 bits per heavy atom. The van der Waals surface area contributed by atoms with Gasteiger partial charge in [0.1, 0.15) is 0 Å². The molecule has 1 unspecified atom stereocenters. The Morgan fingerprint density at radius 1 is 0.957 bits per heavy atom. The maximum atomic E-state index is 6.59. The fourth-order valence-electron chi connectivity index (χ4n) is 4.11. The van der Waals surface area contributed by atoms with Gasteiger partial charge in [-0.05, 0) is 74.1 Å². The lowest BCUT2D eigenvalue weighted by Gasteiger charge is -2.57. The molecule has 0 spiro atoms. The minimum Gasteiger partial charge on any atom is -0.361 e. The van der Waals surface area contributed by atoms with Gasteiger partial charge < -0.3 is 13.3 Å². The minimum absolute atomic E-state index is 0.0181. The van der Waals surface area contributed by atoms with E-state index in [2.05, 4.69) is 46.1 Å². The molecule has 1 aliphatic rings. The third kappa shape index (κ3) is 5.02. The Labute approximate surface area is 145 Å². The van der Waals surface area contributed by atoms with E-state index in [0.717, 1.165) is 25.7 Å². The highest BCUT2D eigenvalue weighted by Gasteiger charge is 2.61. The van der Waals surface area contributed by atoms with Crippen molar-refractivity contribution in [1.82, 2.24) is 4.57 Å². The van der Waals surface area contributed by atoms with Crippen LogP contribution in [-0.4, -0.2) is 43.9 Å². The first-order valence-electron chi connectivity index (χ1n) is 9.41. The fourth-order valence-corrected chi connectivity index (χ4v) is 7.76. The molecule has 0 aliphatic carbocycles. The molecule has 0 radical (unpaired) electrons. The first kappa shape index (κ1) is 21.1. The first-order chi connectivity index (χ1) is 10.6. The van der Waals surface area contributed by atoms with E-state index in [9.17, 15) is 0 Å². The maximum absolute atomic E-state index is 6.59. The highest BCUT2D eigenvalue weighted by molar-refractivity contribution is 6.58. The van der Waals surface area contributed by atoms with Crippen LogP contribution in [0, 0.1) is 0 Å². The summed E-state index contributed by atoms with van der Waals surface area (Å²) in [6.45, 7) is 18.9. The second-order valence-electron chi connectivity index (χ2n) is 7.92. The van der Waals surface area contributed by atoms with Crippen molar-refractivity contribution < 1.29 is 13.3 Å². The van der Waals surface area contributed by atoms with Crippen LogP contribution in [0.3, 0.4) is 0 Å². The Kier molecular flexibility index (Phi) is 7.74. The van der Waals surface area contributed by atoms with Crippen molar-refractivity contribution in [2.24, 2.45) is 0 Å². The van der Waals surface area contributed by atoms with Crippen LogP contribution >= 0.6 is 0 Å². The van der Waals surface area contributed by atoms with Crippen LogP contribution in [0.15, 0.2) is 0 Å². The van der Waals surface area contributed by atoms with Crippen molar-refractivity contribution in [2.45, 2.75) is 105 Å². The molecule has 4 nitrogen and oxygen atoms in total. The first-order valence-corrected chi connectivity index (χ1v) is 11.1. The Balaban J connectivity index is 3.27. The summed E-state index contributed by atoms with van der Waals surface area (Å²) in [7, 11) is -2.93. The van der Waals surface area contributed by atoms with E-state index < -0.39 is 8.97 Å². The SMILES string of the molecule is CCCC(C)O[Si](OCC)(OCC)N1C(C)(C)CCCC1(C)C. The number of nitrogens with zero attached hydrogens (tertiary/aromatic N) is 1. The lowest BCUT2D eigenvalue weighted by molar-refractivity contribution is -0.0835. The number of piperidine rings is 1. The lowest BCUT2D eigenvalue weighted by atomic mass is 9.83. The zero-order valence-electron chi connectivity index (χ0n) is 16.7. The van der Waals surface area contributed by atoms with Crippen LogP contribution in [0.5, 0.6) is 0 Å². The number of hydrogen-bond donors (Lipinski definition) is 0. The van der Waals surface area contributed by atoms with Gasteiger partial charge in [0, 0.05) is 30.4 Å². The zero-order chi connectivity index (χ0) is 17.7. The smallest absolute Gasteiger partial charge is 0.361 e. The average molecular weight is 346 g/mol. The highest BCUT2D eigenvalue weighted by atomic mass is 28.4. The zero-order valence-corrected chi connectivity index (χ0v) is 17.7. The molecule has 1 aliphatic heterocycles. The number of rotatable bonds is 9. The Morgan fingerprint density at radius 2 is 1.43 bits per heavy atom. The fraction of sp³-hybridized carbons (Fsp3) is 1.00. The van der Waals surface area contributed by atoms with Gasteiger partial charge in [0.25, 0.3) is 0 Å². The van der Waals surface area contributed by atoms with Crippen molar-refractivity contribution in [2.75, 3.05) is 13.2 Å². The highest BCUT2D eigenvalue weighted by Crippen LogP contribution is 2.43. The molecule has 0 amide bonds. The summed E-state index contributed by atoms with van der Waals surface area (Å²) in [5.74, 6) is 0. The third-order valence-corrected chi connectivity index (χ3v) is 8.53. The standard InChI is InChI=1S/C18H39NO3Si/c1-9-13-16(4)22-23(20-10-2,21-11-3)19-17(5,6)14-12-15-18(19,7)8/h16H,9-15H2,1-8H3. The van der Waals surface area contributed by atoms with Crippen LogP contribution < -0.4 is 0 Å². The van der Waals surface area contributed by atoms with Gasteiger partial charge in [-0.1, -0.05) is 13.3 Å². The van der Waals surface area contributed by atoms with Crippen molar-refractivity contribution in [3.63, 3.8) is 0 Å². The molecule has 0 N–H and O–H groups in total. The lowest BCUT2D eigenvalue weighted by Crippen LogP contribution is -2.75. The van der Waals surface area contributed by atoms with Crippen molar-refractivity contribution in [1.29, 1.82) is 0 Å². The molecular formula is C18H39NO3Si. The molecule has 0 bridgehead atoms. The van der Waals surface area contributed by atoms with Crippen LogP contribution in [0.25, 0.3) is 0 Å². The minimum atomic E-state index is -2.93. The molecule has 0 aromatic carbocycles. The largest absolute Gasteiger partial charge is 0.600 e. The molecule has 23 heavy (non-hydrogen) atoms. The van der Waals surface area contributed by atoms with E-state index in [4.69, 9.17) is 13.3 Å². The van der Waals surface area contributed by atoms with Gasteiger partial charge in [0.2, 0.25) is 0 Å². The van der Waals surface area contributed by atoms with Gasteiger partial charge in [0.15, 0.2) is 0 Å². The summed E-state index contributed by atoms with van der Waals surface area (Å²) < 4.78 is 21.7. The summed E-state index contributed by atoms with van der Waals surface area (Å²) >= 11 is 0. The molecule has 1 fully saturated rings. The summed E-state index contributed by atoms with van der Waals surface area (Å²) in [5.41, 5.74) is 0.0362. The molecular weight excluding hydrogens is 306 g/mol. The van der Waals surface area contributed by atoms with E-state index in [1.54, 1.807) is 0 Å². The van der Waals surface area contributed by atoms with Gasteiger partial charge in [-0.15, -0.1) is 0 Å². The van der Waals surface area contributed by atoms with Crippen molar-refractivity contribution in [3.05, 3.63) is 0 Å². The van der Waals surface area contributed by atoms with Gasteiger partial charge in [-0.25, -0.2) is 4.57 Å². The summed E-state index contributed by atoms with van der Waals surface area (Å²) in [4.78, 5) is 0. The van der Waals surface area contributed by atoms with Gasteiger partial charge in [-0.2, -0.15) is 0 Å². The van der Waals surface area contributed by atoms with Crippen LogP contribution in [0.4, 0.5) is 0 Å². The summed E-state index contributed by atoms with van der Waals surface area (Å²) in [6, 6.07) is 0. The quantitative estimate of drug-likeness (QED) is 0.565. The molecule has 138 valence electrons. The predicted octanol–water partition coefficient (Wildman–Crippen LogP) is 4.74. The number of hydrogen-bond acceptors (Lipinski definition) is 4. The Bertz CT molecular complexity index is 338. The van der Waals surface area contributed by atoms with Gasteiger partial charge in [0.05, 0.1) is 0 Å². The topological polar surface area (TPSA) is 30.9 Å². The predicted molar refractivity (Wildman–Crippen MR) is 98.3 cm³/mol. The van der Waals surface area contributed by atoms with Gasteiger partial charge >= 0.3 is 8.97 Å². The van der Waals surface area contributed by atoms with Crippen LogP contribution in [-0.2, 0) is 13.3 Å². The van der Waals surface area contributed by atoms with Crippen molar-refractivity contribution in [3.8, 4) is 0 Å². The molecule has 5 heteroatoms. The molecule has 1 heterocycles. The van der Waals surface area contributed by atoms with E-state index in [1.807, 2.05) is 13.8 Å². The maximum Gasteiger partial charge on any atom is 0.600 e. The molecule has 0 aromatic rings. The molecule has 1 atom stereocenters. The summed E-state index contributed by atoms with van der Waals surface area (Å²) in [5, 5.41) is 0. The second-order valence-corrected chi connectivity index (χ2v) is 10.2. The molecule has 1 rings (SSSR count). The van der Waals surface area contributed by atoms with E-state index >= 15 is 0 Å². The average Bonchev–Trinajstić information content (AvgIpc) is 2.36. The Hall–Kier alpha value is 0.0569. The van der Waals surface area contributed by atoms with Gasteiger partial charge in [-0.3, -0.25) is 0 Å². The summed E-state index contributed by atoms with van der Waals surface area (Å²) in [6.07, 6.45) is 5.83. The van der Waals surface area contributed by atoms with E-state index in [0.29, 0.717) is 13.2 Å². The van der Waals surface area contributed by atoms with Crippen LogP contribution in [0.2, 0.25) is 0 Å². The normalized spacial score (nSPS) is 23.0. The van der Waals surface area contributed by atoms with E-state index in [1.165, 1.54) is 6.42 Å². The van der Waals surface area contributed by atoms with Crippen molar-refractivity contribution >= 4 is 8.97 Å². The molecule has 0 saturated carbocycles. The second kappa shape index (κ2) is 8.43. The molecule has 1 saturated heterocycles. The molecule has 0 aromatic heterocycles. The monoisotopic (exact) mass is 345 g/mol. The van der Waals surface area contributed by atoms with Crippen LogP contribution in [0.1, 0.15) is 87.5 Å².